The van der Waals surface area contributed by atoms with E-state index in [4.69, 9.17) is 9.47 Å². The van der Waals surface area contributed by atoms with Crippen LogP contribution in [0.1, 0.15) is 18.1 Å². The summed E-state index contributed by atoms with van der Waals surface area (Å²) in [6, 6.07) is 15.3. The van der Waals surface area contributed by atoms with Crippen molar-refractivity contribution in [2.75, 3.05) is 21.3 Å². The van der Waals surface area contributed by atoms with E-state index in [0.717, 1.165) is 22.6 Å². The Hall–Kier alpha value is -2.53. The first-order valence-corrected chi connectivity index (χ1v) is 8.28. The molecule has 134 valence electrons. The van der Waals surface area contributed by atoms with E-state index in [1.807, 2.05) is 67.4 Å². The van der Waals surface area contributed by atoms with Crippen LogP contribution >= 0.6 is 0 Å². The van der Waals surface area contributed by atoms with Gasteiger partial charge in [-0.15, -0.1) is 0 Å². The van der Waals surface area contributed by atoms with Gasteiger partial charge in [0.05, 0.1) is 20.3 Å². The Bertz CT molecular complexity index is 703. The number of para-hydroxylation sites is 1. The Morgan fingerprint density at radius 1 is 1.12 bits per heavy atom. The van der Waals surface area contributed by atoms with Crippen molar-refractivity contribution >= 4 is 5.91 Å². The van der Waals surface area contributed by atoms with E-state index in [2.05, 4.69) is 5.32 Å². The summed E-state index contributed by atoms with van der Waals surface area (Å²) in [7, 11) is 5.22. The predicted molar refractivity (Wildman–Crippen MR) is 98.8 cm³/mol. The molecule has 5 heteroatoms. The highest BCUT2D eigenvalue weighted by atomic mass is 16.5. The van der Waals surface area contributed by atoms with Crippen LogP contribution in [-0.4, -0.2) is 38.1 Å². The molecule has 2 rings (SSSR count). The van der Waals surface area contributed by atoms with E-state index in [1.165, 1.54) is 0 Å². The molecule has 25 heavy (non-hydrogen) atoms. The van der Waals surface area contributed by atoms with Gasteiger partial charge in [0, 0.05) is 18.7 Å². The number of nitrogens with one attached hydrogen (secondary N) is 1. The Morgan fingerprint density at radius 2 is 1.88 bits per heavy atom. The number of carbonyl (C=O) groups is 1. The van der Waals surface area contributed by atoms with Crippen LogP contribution < -0.4 is 14.8 Å². The number of amides is 1. The lowest BCUT2D eigenvalue weighted by Gasteiger charge is -2.24. The van der Waals surface area contributed by atoms with Crippen LogP contribution in [0.3, 0.4) is 0 Å². The van der Waals surface area contributed by atoms with Crippen LogP contribution in [0.4, 0.5) is 0 Å². The second-order valence-electron chi connectivity index (χ2n) is 5.97. The largest absolute Gasteiger partial charge is 0.497 e. The second kappa shape index (κ2) is 9.08. The molecule has 0 bridgehead atoms. The number of hydrogen-bond donors (Lipinski definition) is 1. The molecular formula is C20H26N2O3. The number of carbonyl (C=O) groups excluding carboxylic acids is 1. The van der Waals surface area contributed by atoms with Crippen molar-refractivity contribution in [1.82, 2.24) is 10.2 Å². The van der Waals surface area contributed by atoms with Gasteiger partial charge in [0.1, 0.15) is 11.5 Å². The van der Waals surface area contributed by atoms with Gasteiger partial charge >= 0.3 is 0 Å². The zero-order chi connectivity index (χ0) is 18.2. The molecule has 1 N–H and O–H groups in total. The fourth-order valence-corrected chi connectivity index (χ4v) is 2.57. The average Bonchev–Trinajstić information content (AvgIpc) is 2.65. The lowest BCUT2D eigenvalue weighted by Crippen LogP contribution is -2.42. The molecule has 2 aromatic rings. The molecule has 0 radical (unpaired) electrons. The third-order valence-electron chi connectivity index (χ3n) is 4.25. The maximum absolute atomic E-state index is 12.5. The van der Waals surface area contributed by atoms with Crippen LogP contribution in [0.2, 0.25) is 0 Å². The van der Waals surface area contributed by atoms with Crippen LogP contribution in [0.5, 0.6) is 11.5 Å². The van der Waals surface area contributed by atoms with Gasteiger partial charge in [-0.05, 0) is 37.7 Å². The molecule has 0 fully saturated rings. The van der Waals surface area contributed by atoms with Crippen molar-refractivity contribution in [1.29, 1.82) is 0 Å². The summed E-state index contributed by atoms with van der Waals surface area (Å²) in [5.74, 6) is 1.58. The van der Waals surface area contributed by atoms with Gasteiger partial charge in [0.2, 0.25) is 5.91 Å². The molecule has 0 aromatic heterocycles. The summed E-state index contributed by atoms with van der Waals surface area (Å²) in [4.78, 5) is 14.5. The maximum atomic E-state index is 12.5. The third-order valence-corrected chi connectivity index (χ3v) is 4.25. The molecule has 2 aromatic carbocycles. The van der Waals surface area contributed by atoms with E-state index in [0.29, 0.717) is 13.1 Å². The molecule has 0 aliphatic carbocycles. The average molecular weight is 342 g/mol. The minimum absolute atomic E-state index is 0.0173. The molecule has 1 amide bonds. The lowest BCUT2D eigenvalue weighted by atomic mass is 10.1. The Balaban J connectivity index is 1.92. The van der Waals surface area contributed by atoms with Gasteiger partial charge in [-0.25, -0.2) is 0 Å². The smallest absolute Gasteiger partial charge is 0.237 e. The van der Waals surface area contributed by atoms with Gasteiger partial charge in [-0.2, -0.15) is 0 Å². The Morgan fingerprint density at radius 3 is 2.60 bits per heavy atom. The quantitative estimate of drug-likeness (QED) is 0.801. The van der Waals surface area contributed by atoms with E-state index in [1.54, 1.807) is 14.2 Å². The standard InChI is InChI=1S/C20H26N2O3/c1-15(22(2)14-16-8-7-10-18(12-16)24-3)20(23)21-13-17-9-5-6-11-19(17)25-4/h5-12,15H,13-14H2,1-4H3,(H,21,23). The molecule has 0 aliphatic rings. The van der Waals surface area contributed by atoms with Crippen LogP contribution in [-0.2, 0) is 17.9 Å². The normalized spacial score (nSPS) is 11.9. The third kappa shape index (κ3) is 5.22. The minimum Gasteiger partial charge on any atom is -0.497 e. The van der Waals surface area contributed by atoms with Crippen molar-refractivity contribution in [3.63, 3.8) is 0 Å². The summed E-state index contributed by atoms with van der Waals surface area (Å²) in [5.41, 5.74) is 2.06. The predicted octanol–water partition coefficient (Wildman–Crippen LogP) is 2.84. The van der Waals surface area contributed by atoms with Gasteiger partial charge in [0.25, 0.3) is 0 Å². The van der Waals surface area contributed by atoms with E-state index in [-0.39, 0.29) is 11.9 Å². The molecular weight excluding hydrogens is 316 g/mol. The minimum atomic E-state index is -0.249. The summed E-state index contributed by atoms with van der Waals surface area (Å²) < 4.78 is 10.6. The van der Waals surface area contributed by atoms with Crippen molar-refractivity contribution in [3.8, 4) is 11.5 Å². The number of rotatable bonds is 8. The topological polar surface area (TPSA) is 50.8 Å². The fourth-order valence-electron chi connectivity index (χ4n) is 2.57. The molecule has 0 saturated carbocycles. The number of benzene rings is 2. The van der Waals surface area contributed by atoms with Gasteiger partial charge < -0.3 is 14.8 Å². The highest BCUT2D eigenvalue weighted by Gasteiger charge is 2.18. The van der Waals surface area contributed by atoms with E-state index >= 15 is 0 Å². The number of ether oxygens (including phenoxy) is 2. The molecule has 5 nitrogen and oxygen atoms in total. The molecule has 0 spiro atoms. The number of nitrogens with zero attached hydrogens (tertiary/aromatic N) is 1. The first-order chi connectivity index (χ1) is 12.0. The van der Waals surface area contributed by atoms with Crippen LogP contribution in [0.15, 0.2) is 48.5 Å². The summed E-state index contributed by atoms with van der Waals surface area (Å²) in [6.07, 6.45) is 0. The van der Waals surface area contributed by atoms with Crippen molar-refractivity contribution in [2.24, 2.45) is 0 Å². The van der Waals surface area contributed by atoms with Crippen molar-refractivity contribution in [2.45, 2.75) is 26.1 Å². The lowest BCUT2D eigenvalue weighted by molar-refractivity contribution is -0.125. The van der Waals surface area contributed by atoms with E-state index in [9.17, 15) is 4.79 Å². The summed E-state index contributed by atoms with van der Waals surface area (Å²) in [6.45, 7) is 3.01. The zero-order valence-electron chi connectivity index (χ0n) is 15.3. The Kier molecular flexibility index (Phi) is 6.83. The van der Waals surface area contributed by atoms with Crippen molar-refractivity contribution < 1.29 is 14.3 Å². The fraction of sp³-hybridized carbons (Fsp3) is 0.350. The van der Waals surface area contributed by atoms with Gasteiger partial charge in [-0.1, -0.05) is 30.3 Å². The first kappa shape index (κ1) is 18.8. The number of methoxy groups -OCH3 is 2. The molecule has 0 aliphatic heterocycles. The zero-order valence-corrected chi connectivity index (χ0v) is 15.3. The highest BCUT2D eigenvalue weighted by molar-refractivity contribution is 5.81. The van der Waals surface area contributed by atoms with Crippen LogP contribution in [0.25, 0.3) is 0 Å². The van der Waals surface area contributed by atoms with Gasteiger partial charge in [0.15, 0.2) is 0 Å². The first-order valence-electron chi connectivity index (χ1n) is 8.28. The molecule has 1 unspecified atom stereocenters. The molecule has 0 saturated heterocycles. The summed E-state index contributed by atoms with van der Waals surface area (Å²) in [5, 5.41) is 2.98. The number of likely N-dealkylation sites (N-methyl/N-ethyl adjacent to an activating group) is 1. The monoisotopic (exact) mass is 342 g/mol. The Labute approximate surface area is 149 Å². The van der Waals surface area contributed by atoms with Crippen LogP contribution in [0, 0.1) is 0 Å². The maximum Gasteiger partial charge on any atom is 0.237 e. The molecule has 0 heterocycles. The SMILES string of the molecule is COc1cccc(CN(C)C(C)C(=O)NCc2ccccc2OC)c1. The second-order valence-corrected chi connectivity index (χ2v) is 5.97. The number of hydrogen-bond acceptors (Lipinski definition) is 4. The van der Waals surface area contributed by atoms with Crippen molar-refractivity contribution in [3.05, 3.63) is 59.7 Å². The van der Waals surface area contributed by atoms with Gasteiger partial charge in [-0.3, -0.25) is 9.69 Å². The van der Waals surface area contributed by atoms with E-state index < -0.39 is 0 Å². The molecule has 1 atom stereocenters. The summed E-state index contributed by atoms with van der Waals surface area (Å²) >= 11 is 0. The highest BCUT2D eigenvalue weighted by Crippen LogP contribution is 2.17.